The number of hydrogen-bond acceptors (Lipinski definition) is 4. The van der Waals surface area contributed by atoms with E-state index in [0.29, 0.717) is 31.2 Å². The van der Waals surface area contributed by atoms with E-state index in [4.69, 9.17) is 4.42 Å². The van der Waals surface area contributed by atoms with Crippen LogP contribution in [0.4, 0.5) is 5.69 Å². The van der Waals surface area contributed by atoms with Gasteiger partial charge in [0.25, 0.3) is 0 Å². The number of anilines is 1. The number of hydrogen-bond donors (Lipinski definition) is 3. The maximum atomic E-state index is 12.4. The molecule has 0 saturated carbocycles. The highest BCUT2D eigenvalue weighted by atomic mass is 16.4. The molecule has 3 rings (SSSR count). The third kappa shape index (κ3) is 4.68. The van der Waals surface area contributed by atoms with Gasteiger partial charge in [-0.15, -0.1) is 0 Å². The highest BCUT2D eigenvalue weighted by Crippen LogP contribution is 2.22. The molecule has 2 heterocycles. The predicted octanol–water partition coefficient (Wildman–Crippen LogP) is 1.85. The van der Waals surface area contributed by atoms with Gasteiger partial charge in [0.1, 0.15) is 11.4 Å². The molecule has 0 radical (unpaired) electrons. The van der Waals surface area contributed by atoms with Crippen molar-refractivity contribution in [3.8, 4) is 0 Å². The highest BCUT2D eigenvalue weighted by molar-refractivity contribution is 5.97. The van der Waals surface area contributed by atoms with Gasteiger partial charge in [-0.25, -0.2) is 4.99 Å². The second-order valence-electron chi connectivity index (χ2n) is 6.83. The lowest BCUT2D eigenvalue weighted by atomic mass is 10.0. The molecule has 1 fully saturated rings. The van der Waals surface area contributed by atoms with E-state index in [-0.39, 0.29) is 18.5 Å². The summed E-state index contributed by atoms with van der Waals surface area (Å²) in [5.74, 6) is 1.11. The molecule has 1 saturated heterocycles. The molecule has 144 valence electrons. The van der Waals surface area contributed by atoms with E-state index in [1.165, 1.54) is 6.26 Å². The molecule has 1 aliphatic heterocycles. The minimum absolute atomic E-state index is 0.0518. The number of furan rings is 1. The Hall–Kier alpha value is -2.80. The summed E-state index contributed by atoms with van der Waals surface area (Å²) in [4.78, 5) is 18.6. The smallest absolute Gasteiger partial charge is 0.229 e. The lowest BCUT2D eigenvalue weighted by Gasteiger charge is -2.21. The van der Waals surface area contributed by atoms with Gasteiger partial charge in [-0.1, -0.05) is 18.2 Å². The van der Waals surface area contributed by atoms with Gasteiger partial charge in [0.05, 0.1) is 18.8 Å². The molecule has 7 heteroatoms. The Kier molecular flexibility index (Phi) is 5.81. The summed E-state index contributed by atoms with van der Waals surface area (Å²) in [5, 5.41) is 17.0. The van der Waals surface area contributed by atoms with Crippen LogP contribution in [-0.2, 0) is 10.4 Å². The number of aliphatic hydroxyl groups is 1. The van der Waals surface area contributed by atoms with Crippen LogP contribution >= 0.6 is 0 Å². The molecule has 27 heavy (non-hydrogen) atoms. The van der Waals surface area contributed by atoms with Crippen LogP contribution in [0.15, 0.2) is 58.1 Å². The fourth-order valence-corrected chi connectivity index (χ4v) is 3.07. The summed E-state index contributed by atoms with van der Waals surface area (Å²) in [5.41, 5.74) is -0.303. The van der Waals surface area contributed by atoms with Crippen molar-refractivity contribution < 1.29 is 14.3 Å². The lowest BCUT2D eigenvalue weighted by molar-refractivity contribution is -0.117. The molecule has 7 nitrogen and oxygen atoms in total. The summed E-state index contributed by atoms with van der Waals surface area (Å²) in [6.07, 6.45) is 1.92. The van der Waals surface area contributed by atoms with E-state index in [0.717, 1.165) is 5.69 Å². The first-order valence-corrected chi connectivity index (χ1v) is 9.16. The first kappa shape index (κ1) is 19.0. The lowest BCUT2D eigenvalue weighted by Crippen LogP contribution is -2.45. The number of amides is 1. The number of para-hydroxylation sites is 1. The van der Waals surface area contributed by atoms with Crippen LogP contribution in [0.25, 0.3) is 0 Å². The van der Waals surface area contributed by atoms with E-state index in [9.17, 15) is 9.90 Å². The fourth-order valence-electron chi connectivity index (χ4n) is 3.07. The summed E-state index contributed by atoms with van der Waals surface area (Å²) in [7, 11) is 0. The van der Waals surface area contributed by atoms with Gasteiger partial charge in [0.15, 0.2) is 5.96 Å². The molecule has 1 aromatic heterocycles. The van der Waals surface area contributed by atoms with E-state index in [1.54, 1.807) is 24.0 Å². The van der Waals surface area contributed by atoms with Crippen molar-refractivity contribution in [2.75, 3.05) is 24.5 Å². The predicted molar refractivity (Wildman–Crippen MR) is 105 cm³/mol. The van der Waals surface area contributed by atoms with E-state index in [1.807, 2.05) is 37.3 Å². The average molecular weight is 370 g/mol. The number of nitrogens with zero attached hydrogens (tertiary/aromatic N) is 2. The quantitative estimate of drug-likeness (QED) is 0.533. The van der Waals surface area contributed by atoms with Crippen molar-refractivity contribution >= 4 is 17.6 Å². The molecule has 2 atom stereocenters. The van der Waals surface area contributed by atoms with Gasteiger partial charge in [-0.3, -0.25) is 4.79 Å². The van der Waals surface area contributed by atoms with Gasteiger partial charge < -0.3 is 25.1 Å². The first-order valence-electron chi connectivity index (χ1n) is 9.16. The van der Waals surface area contributed by atoms with E-state index >= 15 is 0 Å². The van der Waals surface area contributed by atoms with Gasteiger partial charge in [0, 0.05) is 25.2 Å². The Morgan fingerprint density at radius 3 is 2.78 bits per heavy atom. The third-order valence-corrected chi connectivity index (χ3v) is 4.48. The zero-order valence-corrected chi connectivity index (χ0v) is 15.7. The summed E-state index contributed by atoms with van der Waals surface area (Å²) < 4.78 is 5.29. The Morgan fingerprint density at radius 1 is 1.33 bits per heavy atom. The first-order chi connectivity index (χ1) is 13.0. The van der Waals surface area contributed by atoms with E-state index < -0.39 is 5.60 Å². The van der Waals surface area contributed by atoms with Gasteiger partial charge in [0.2, 0.25) is 5.91 Å². The molecule has 1 aromatic carbocycles. The summed E-state index contributed by atoms with van der Waals surface area (Å²) in [6.45, 7) is 5.02. The number of nitrogens with one attached hydrogen (secondary N) is 2. The number of rotatable bonds is 6. The molecule has 3 N–H and O–H groups in total. The number of carbonyl (C=O) groups excluding carboxylic acids is 1. The second-order valence-corrected chi connectivity index (χ2v) is 6.83. The Bertz CT molecular complexity index is 772. The molecule has 0 spiro atoms. The number of aliphatic imine (C=N–C) groups is 1. The van der Waals surface area contributed by atoms with Gasteiger partial charge in [-0.2, -0.15) is 0 Å². The van der Waals surface area contributed by atoms with Crippen molar-refractivity contribution in [3.63, 3.8) is 0 Å². The van der Waals surface area contributed by atoms with Crippen LogP contribution in [0.2, 0.25) is 0 Å². The number of carbonyl (C=O) groups is 1. The summed E-state index contributed by atoms with van der Waals surface area (Å²) >= 11 is 0. The molecule has 2 aromatic rings. The normalized spacial score (nSPS) is 19.8. The second kappa shape index (κ2) is 8.26. The third-order valence-electron chi connectivity index (χ3n) is 4.48. The van der Waals surface area contributed by atoms with Crippen LogP contribution in [0.5, 0.6) is 0 Å². The Morgan fingerprint density at radius 2 is 2.11 bits per heavy atom. The zero-order valence-electron chi connectivity index (χ0n) is 15.7. The summed E-state index contributed by atoms with van der Waals surface area (Å²) in [6, 6.07) is 13.0. The maximum absolute atomic E-state index is 12.4. The van der Waals surface area contributed by atoms with Crippen LogP contribution in [0.1, 0.15) is 26.0 Å². The molecular weight excluding hydrogens is 344 g/mol. The maximum Gasteiger partial charge on any atom is 0.229 e. The number of guanidine groups is 1. The van der Waals surface area contributed by atoms with Crippen LogP contribution in [-0.4, -0.2) is 42.6 Å². The largest absolute Gasteiger partial charge is 0.466 e. The molecule has 1 aliphatic rings. The average Bonchev–Trinajstić information content (AvgIpc) is 3.31. The minimum atomic E-state index is -1.20. The molecule has 2 unspecified atom stereocenters. The van der Waals surface area contributed by atoms with Gasteiger partial charge in [-0.05, 0) is 38.1 Å². The van der Waals surface area contributed by atoms with Gasteiger partial charge >= 0.3 is 0 Å². The van der Waals surface area contributed by atoms with Crippen LogP contribution < -0.4 is 15.5 Å². The topological polar surface area (TPSA) is 90.1 Å². The van der Waals surface area contributed by atoms with Crippen molar-refractivity contribution in [2.24, 2.45) is 4.99 Å². The van der Waals surface area contributed by atoms with Crippen molar-refractivity contribution in [1.29, 1.82) is 0 Å². The SMILES string of the molecule is CCNC(=NCC(C)(O)c1ccco1)NC1CC(=O)N(c2ccccc2)C1. The molecule has 0 aliphatic carbocycles. The molecule has 1 amide bonds. The number of benzene rings is 1. The highest BCUT2D eigenvalue weighted by Gasteiger charge is 2.31. The monoisotopic (exact) mass is 370 g/mol. The molecular formula is C20H26N4O3. The van der Waals surface area contributed by atoms with Crippen LogP contribution in [0, 0.1) is 0 Å². The van der Waals surface area contributed by atoms with Crippen molar-refractivity contribution in [2.45, 2.75) is 31.9 Å². The zero-order chi connectivity index (χ0) is 19.3. The van der Waals surface area contributed by atoms with E-state index in [2.05, 4.69) is 15.6 Å². The van der Waals surface area contributed by atoms with Crippen molar-refractivity contribution in [1.82, 2.24) is 10.6 Å². The minimum Gasteiger partial charge on any atom is -0.466 e. The fraction of sp³-hybridized carbons (Fsp3) is 0.400. The molecule has 0 bridgehead atoms. The van der Waals surface area contributed by atoms with Crippen molar-refractivity contribution in [3.05, 3.63) is 54.5 Å². The van der Waals surface area contributed by atoms with Crippen LogP contribution in [0.3, 0.4) is 0 Å². The standard InChI is InChI=1S/C20H26N4O3/c1-3-21-19(22-14-20(2,26)17-10-7-11-27-17)23-15-12-18(25)24(13-15)16-8-5-4-6-9-16/h4-11,15,26H,3,12-14H2,1-2H3,(H2,21,22,23). The Labute approximate surface area is 159 Å². The Balaban J connectivity index is 1.65.